The van der Waals surface area contributed by atoms with Gasteiger partial charge in [-0.1, -0.05) is 38.1 Å². The number of carbonyl (C=O) groups is 1. The van der Waals surface area contributed by atoms with Crippen LogP contribution >= 0.6 is 11.8 Å². The van der Waals surface area contributed by atoms with Crippen molar-refractivity contribution in [2.45, 2.75) is 20.3 Å². The molecule has 34 heavy (non-hydrogen) atoms. The van der Waals surface area contributed by atoms with Crippen molar-refractivity contribution in [3.63, 3.8) is 0 Å². The molecule has 0 atom stereocenters. The number of hydrogen-bond acceptors (Lipinski definition) is 7. The minimum Gasteiger partial charge on any atom is -0.493 e. The number of methoxy groups -OCH3 is 1. The van der Waals surface area contributed by atoms with E-state index in [0.717, 1.165) is 17.0 Å². The molecular formula is C25H26N4O4S. The van der Waals surface area contributed by atoms with E-state index in [1.165, 1.54) is 16.8 Å². The maximum Gasteiger partial charge on any atom is 0.283 e. The van der Waals surface area contributed by atoms with Crippen LogP contribution in [0.3, 0.4) is 0 Å². The second-order valence-electron chi connectivity index (χ2n) is 8.03. The number of carbonyl (C=O) groups excluding carboxylic acids is 1. The number of nitrogens with zero attached hydrogens (tertiary/aromatic N) is 3. The van der Waals surface area contributed by atoms with Crippen molar-refractivity contribution in [2.24, 2.45) is 16.0 Å². The highest BCUT2D eigenvalue weighted by molar-refractivity contribution is 8.26. The highest BCUT2D eigenvalue weighted by atomic mass is 32.2. The number of ether oxygens (including phenoxy) is 3. The molecule has 1 amide bonds. The van der Waals surface area contributed by atoms with Gasteiger partial charge < -0.3 is 14.2 Å². The molecule has 4 rings (SSSR count). The third-order valence-electron chi connectivity index (χ3n) is 4.95. The summed E-state index contributed by atoms with van der Waals surface area (Å²) in [4.78, 5) is 16.7. The number of para-hydroxylation sites is 2. The molecule has 2 aliphatic rings. The van der Waals surface area contributed by atoms with Crippen LogP contribution in [0.25, 0.3) is 6.08 Å². The molecule has 2 aromatic carbocycles. The van der Waals surface area contributed by atoms with E-state index < -0.39 is 5.91 Å². The van der Waals surface area contributed by atoms with Crippen LogP contribution in [-0.2, 0) is 4.79 Å². The van der Waals surface area contributed by atoms with Crippen LogP contribution in [0.15, 0.2) is 64.2 Å². The fourth-order valence-electron chi connectivity index (χ4n) is 3.34. The SMILES string of the molecule is COc1ccccc1OCCOc1ccc(/C=C2/C(=N)N3N=C(CC(C)C)SC3=NC2=O)cc1. The fourth-order valence-corrected chi connectivity index (χ4v) is 4.44. The van der Waals surface area contributed by atoms with Crippen LogP contribution in [0.5, 0.6) is 17.2 Å². The second kappa shape index (κ2) is 10.6. The van der Waals surface area contributed by atoms with Gasteiger partial charge in [-0.15, -0.1) is 0 Å². The number of aliphatic imine (C=N–C) groups is 1. The summed E-state index contributed by atoms with van der Waals surface area (Å²) in [7, 11) is 1.60. The van der Waals surface area contributed by atoms with Crippen LogP contribution in [0, 0.1) is 11.3 Å². The number of fused-ring (bicyclic) bond motifs is 1. The van der Waals surface area contributed by atoms with Gasteiger partial charge in [-0.3, -0.25) is 10.2 Å². The fraction of sp³-hybridized carbons (Fsp3) is 0.280. The van der Waals surface area contributed by atoms with Gasteiger partial charge in [0.2, 0.25) is 5.17 Å². The van der Waals surface area contributed by atoms with Crippen molar-refractivity contribution in [3.05, 3.63) is 59.7 Å². The molecule has 8 nitrogen and oxygen atoms in total. The number of benzene rings is 2. The van der Waals surface area contributed by atoms with Gasteiger partial charge in [-0.2, -0.15) is 15.1 Å². The smallest absolute Gasteiger partial charge is 0.283 e. The van der Waals surface area contributed by atoms with E-state index in [4.69, 9.17) is 19.6 Å². The highest BCUT2D eigenvalue weighted by Gasteiger charge is 2.35. The van der Waals surface area contributed by atoms with E-state index in [2.05, 4.69) is 23.9 Å². The Morgan fingerprint density at radius 3 is 2.47 bits per heavy atom. The molecule has 0 aromatic heterocycles. The molecule has 1 N–H and O–H groups in total. The Hall–Kier alpha value is -3.59. The summed E-state index contributed by atoms with van der Waals surface area (Å²) < 4.78 is 16.7. The standard InChI is InChI=1S/C25H26N4O4S/c1-16(2)14-22-28-29-23(26)19(24(30)27-25(29)34-22)15-17-8-10-18(11-9-17)32-12-13-33-21-7-5-4-6-20(21)31-3/h4-11,15-16,26H,12-14H2,1-3H3/b19-15-,26-23?. The van der Waals surface area contributed by atoms with Gasteiger partial charge in [0.15, 0.2) is 17.3 Å². The monoisotopic (exact) mass is 478 g/mol. The Bertz CT molecular complexity index is 1170. The first kappa shape index (κ1) is 23.6. The average Bonchev–Trinajstić information content (AvgIpc) is 3.22. The Morgan fingerprint density at radius 2 is 1.76 bits per heavy atom. The lowest BCUT2D eigenvalue weighted by Gasteiger charge is -2.20. The van der Waals surface area contributed by atoms with Crippen molar-refractivity contribution in [1.82, 2.24) is 5.01 Å². The Labute approximate surface area is 202 Å². The summed E-state index contributed by atoms with van der Waals surface area (Å²) in [6.45, 7) is 4.93. The van der Waals surface area contributed by atoms with E-state index >= 15 is 0 Å². The number of amidine groups is 2. The van der Waals surface area contributed by atoms with Crippen LogP contribution in [0.4, 0.5) is 0 Å². The quantitative estimate of drug-likeness (QED) is 0.410. The lowest BCUT2D eigenvalue weighted by atomic mass is 10.1. The van der Waals surface area contributed by atoms with E-state index in [-0.39, 0.29) is 11.4 Å². The van der Waals surface area contributed by atoms with Crippen LogP contribution < -0.4 is 14.2 Å². The summed E-state index contributed by atoms with van der Waals surface area (Å²) in [5, 5.41) is 15.7. The van der Waals surface area contributed by atoms with E-state index in [1.54, 1.807) is 13.2 Å². The van der Waals surface area contributed by atoms with E-state index in [1.807, 2.05) is 48.5 Å². The van der Waals surface area contributed by atoms with Gasteiger partial charge in [0.1, 0.15) is 24.0 Å². The summed E-state index contributed by atoms with van der Waals surface area (Å²) in [6.07, 6.45) is 2.44. The molecule has 176 valence electrons. The maximum atomic E-state index is 12.5. The number of rotatable bonds is 9. The zero-order chi connectivity index (χ0) is 24.1. The predicted molar refractivity (Wildman–Crippen MR) is 135 cm³/mol. The van der Waals surface area contributed by atoms with Crippen molar-refractivity contribution in [1.29, 1.82) is 5.41 Å². The molecule has 0 saturated carbocycles. The van der Waals surface area contributed by atoms with Crippen LogP contribution in [0.2, 0.25) is 0 Å². The van der Waals surface area contributed by atoms with Gasteiger partial charge in [-0.05, 0) is 53.6 Å². The van der Waals surface area contributed by atoms with Crippen molar-refractivity contribution < 1.29 is 19.0 Å². The van der Waals surface area contributed by atoms with Crippen LogP contribution in [0.1, 0.15) is 25.8 Å². The highest BCUT2D eigenvalue weighted by Crippen LogP contribution is 2.30. The Morgan fingerprint density at radius 1 is 1.06 bits per heavy atom. The molecule has 0 aliphatic carbocycles. The summed E-state index contributed by atoms with van der Waals surface area (Å²) in [6, 6.07) is 14.7. The molecule has 2 heterocycles. The number of thioether (sulfide) groups is 1. The molecule has 0 bridgehead atoms. The molecule has 2 aliphatic heterocycles. The van der Waals surface area contributed by atoms with Crippen molar-refractivity contribution >= 4 is 39.8 Å². The number of hydrazone groups is 1. The van der Waals surface area contributed by atoms with Crippen LogP contribution in [-0.4, -0.2) is 47.3 Å². The zero-order valence-electron chi connectivity index (χ0n) is 19.3. The lowest BCUT2D eigenvalue weighted by Crippen LogP contribution is -2.35. The normalized spacial score (nSPS) is 16.5. The average molecular weight is 479 g/mol. The van der Waals surface area contributed by atoms with Gasteiger partial charge in [0.05, 0.1) is 12.7 Å². The third-order valence-corrected chi connectivity index (χ3v) is 5.88. The summed E-state index contributed by atoms with van der Waals surface area (Å²) in [5.41, 5.74) is 0.973. The lowest BCUT2D eigenvalue weighted by molar-refractivity contribution is -0.114. The molecule has 0 fully saturated rings. The molecular weight excluding hydrogens is 452 g/mol. The Balaban J connectivity index is 1.35. The van der Waals surface area contributed by atoms with Crippen molar-refractivity contribution in [2.75, 3.05) is 20.3 Å². The summed E-state index contributed by atoms with van der Waals surface area (Å²) in [5.74, 6) is 2.05. The first-order chi connectivity index (χ1) is 16.4. The number of amides is 1. The minimum atomic E-state index is -0.432. The topological polar surface area (TPSA) is 96.6 Å². The van der Waals surface area contributed by atoms with Crippen molar-refractivity contribution in [3.8, 4) is 17.2 Å². The third kappa shape index (κ3) is 5.48. The summed E-state index contributed by atoms with van der Waals surface area (Å²) >= 11 is 1.35. The molecule has 0 unspecified atom stereocenters. The molecule has 0 radical (unpaired) electrons. The van der Waals surface area contributed by atoms with E-state index in [9.17, 15) is 4.79 Å². The van der Waals surface area contributed by atoms with E-state index in [0.29, 0.717) is 41.5 Å². The van der Waals surface area contributed by atoms with Gasteiger partial charge >= 0.3 is 0 Å². The maximum absolute atomic E-state index is 12.5. The molecule has 0 saturated heterocycles. The number of nitrogens with one attached hydrogen (secondary N) is 1. The molecule has 0 spiro atoms. The largest absolute Gasteiger partial charge is 0.493 e. The van der Waals surface area contributed by atoms with Gasteiger partial charge in [-0.25, -0.2) is 0 Å². The second-order valence-corrected chi connectivity index (χ2v) is 9.07. The first-order valence-corrected chi connectivity index (χ1v) is 11.7. The Kier molecular flexibility index (Phi) is 7.32. The zero-order valence-corrected chi connectivity index (χ0v) is 20.1. The molecule has 2 aromatic rings. The predicted octanol–water partition coefficient (Wildman–Crippen LogP) is 4.82. The number of hydrogen-bond donors (Lipinski definition) is 1. The van der Waals surface area contributed by atoms with Gasteiger partial charge in [0, 0.05) is 6.42 Å². The molecule has 9 heteroatoms. The minimum absolute atomic E-state index is 0.0371. The van der Waals surface area contributed by atoms with Gasteiger partial charge in [0.25, 0.3) is 5.91 Å². The first-order valence-electron chi connectivity index (χ1n) is 10.9.